The molecule has 0 saturated heterocycles. The van der Waals surface area contributed by atoms with E-state index in [1.54, 1.807) is 0 Å². The second-order valence-electron chi connectivity index (χ2n) is 2.02. The van der Waals surface area contributed by atoms with Gasteiger partial charge in [-0.1, -0.05) is 0 Å². The zero-order valence-electron chi connectivity index (χ0n) is 5.57. The number of halogens is 4. The van der Waals surface area contributed by atoms with E-state index in [0.29, 0.717) is 8.95 Å². The van der Waals surface area contributed by atoms with Gasteiger partial charge in [0.2, 0.25) is 0 Å². The molecule has 0 aliphatic carbocycles. The number of hydrogen-bond acceptors (Lipinski definition) is 1. The molecule has 0 radical (unpaired) electrons. The van der Waals surface area contributed by atoms with Crippen molar-refractivity contribution in [2.75, 3.05) is 0 Å². The molecule has 1 aromatic carbocycles. The van der Waals surface area contributed by atoms with Crippen molar-refractivity contribution in [3.8, 4) is 0 Å². The third-order valence-electron chi connectivity index (χ3n) is 1.22. The number of rotatable bonds is 1. The van der Waals surface area contributed by atoms with Gasteiger partial charge < -0.3 is 0 Å². The van der Waals surface area contributed by atoms with E-state index in [1.165, 1.54) is 12.1 Å². The lowest BCUT2D eigenvalue weighted by atomic mass is 10.2. The average molecular weight is 316 g/mol. The molecule has 0 amide bonds. The molecule has 0 spiro atoms. The van der Waals surface area contributed by atoms with Crippen molar-refractivity contribution in [1.82, 2.24) is 0 Å². The van der Waals surface area contributed by atoms with Crippen molar-refractivity contribution < 1.29 is 9.18 Å². The van der Waals surface area contributed by atoms with Gasteiger partial charge in [0.1, 0.15) is 5.82 Å². The van der Waals surface area contributed by atoms with Crippen molar-refractivity contribution in [3.05, 3.63) is 32.5 Å². The van der Waals surface area contributed by atoms with Crippen molar-refractivity contribution in [2.45, 2.75) is 0 Å². The SMILES string of the molecule is O=C(Cl)c1cc(Br)c(Br)cc1F. The lowest BCUT2D eigenvalue weighted by Gasteiger charge is -1.99. The van der Waals surface area contributed by atoms with E-state index in [-0.39, 0.29) is 5.56 Å². The molecule has 12 heavy (non-hydrogen) atoms. The first-order valence-corrected chi connectivity index (χ1v) is 4.83. The van der Waals surface area contributed by atoms with Crippen LogP contribution in [0.4, 0.5) is 4.39 Å². The molecule has 0 atom stereocenters. The Hall–Kier alpha value is 0.0700. The molecule has 0 fully saturated rings. The van der Waals surface area contributed by atoms with Crippen LogP contribution >= 0.6 is 43.5 Å². The van der Waals surface area contributed by atoms with Crippen LogP contribution in [0.1, 0.15) is 10.4 Å². The number of benzene rings is 1. The van der Waals surface area contributed by atoms with Crippen LogP contribution in [0.2, 0.25) is 0 Å². The predicted molar refractivity (Wildman–Crippen MR) is 52.0 cm³/mol. The molecule has 0 aliphatic rings. The Morgan fingerprint density at radius 2 is 1.83 bits per heavy atom. The quantitative estimate of drug-likeness (QED) is 0.570. The Bertz CT molecular complexity index is 340. The topological polar surface area (TPSA) is 17.1 Å². The molecule has 64 valence electrons. The fourth-order valence-electron chi connectivity index (χ4n) is 0.673. The molecule has 0 aromatic heterocycles. The predicted octanol–water partition coefficient (Wildman–Crippen LogP) is 3.73. The summed E-state index contributed by atoms with van der Waals surface area (Å²) in [6.45, 7) is 0. The number of carbonyl (C=O) groups is 1. The lowest BCUT2D eigenvalue weighted by Crippen LogP contribution is -1.94. The largest absolute Gasteiger partial charge is 0.275 e. The lowest BCUT2D eigenvalue weighted by molar-refractivity contribution is 0.107. The van der Waals surface area contributed by atoms with E-state index in [4.69, 9.17) is 11.6 Å². The van der Waals surface area contributed by atoms with Crippen molar-refractivity contribution in [2.24, 2.45) is 0 Å². The van der Waals surface area contributed by atoms with Crippen molar-refractivity contribution >= 4 is 48.7 Å². The smallest absolute Gasteiger partial charge is 0.255 e. The third-order valence-corrected chi connectivity index (χ3v) is 3.27. The summed E-state index contributed by atoms with van der Waals surface area (Å²) in [5, 5.41) is -0.805. The molecule has 0 heterocycles. The molecule has 1 nitrogen and oxygen atoms in total. The van der Waals surface area contributed by atoms with E-state index in [2.05, 4.69) is 31.9 Å². The van der Waals surface area contributed by atoms with Crippen LogP contribution in [-0.2, 0) is 0 Å². The molecule has 1 rings (SSSR count). The molecule has 1 aromatic rings. The van der Waals surface area contributed by atoms with Gasteiger partial charge in [0.15, 0.2) is 0 Å². The zero-order valence-corrected chi connectivity index (χ0v) is 9.50. The molecule has 5 heteroatoms. The Balaban J connectivity index is 3.33. The Morgan fingerprint density at radius 1 is 1.33 bits per heavy atom. The van der Waals surface area contributed by atoms with Gasteiger partial charge in [-0.3, -0.25) is 4.79 Å². The van der Waals surface area contributed by atoms with E-state index < -0.39 is 11.1 Å². The second-order valence-corrected chi connectivity index (χ2v) is 4.07. The highest BCUT2D eigenvalue weighted by Crippen LogP contribution is 2.26. The maximum atomic E-state index is 12.9. The highest BCUT2D eigenvalue weighted by Gasteiger charge is 2.11. The van der Waals surface area contributed by atoms with E-state index >= 15 is 0 Å². The van der Waals surface area contributed by atoms with Crippen LogP contribution in [-0.4, -0.2) is 5.24 Å². The van der Waals surface area contributed by atoms with E-state index in [9.17, 15) is 9.18 Å². The molecular weight excluding hydrogens is 314 g/mol. The average Bonchev–Trinajstić information content (AvgIpc) is 1.96. The highest BCUT2D eigenvalue weighted by molar-refractivity contribution is 9.13. The first-order valence-electron chi connectivity index (χ1n) is 2.86. The van der Waals surface area contributed by atoms with Gasteiger partial charge in [-0.15, -0.1) is 0 Å². The summed E-state index contributed by atoms with van der Waals surface area (Å²) in [5.74, 6) is -0.634. The highest BCUT2D eigenvalue weighted by atomic mass is 79.9. The molecule has 0 bridgehead atoms. The normalized spacial score (nSPS) is 10.0. The summed E-state index contributed by atoms with van der Waals surface area (Å²) in [6.07, 6.45) is 0. The number of carbonyl (C=O) groups excluding carboxylic acids is 1. The summed E-state index contributed by atoms with van der Waals surface area (Å²) in [5.41, 5.74) is -0.133. The Kier molecular flexibility index (Phi) is 3.26. The molecule has 0 aliphatic heterocycles. The summed E-state index contributed by atoms with van der Waals surface area (Å²) < 4.78 is 14.1. The molecule has 0 N–H and O–H groups in total. The fourth-order valence-corrected chi connectivity index (χ4v) is 1.48. The Labute approximate surface area is 90.2 Å². The van der Waals surface area contributed by atoms with Crippen LogP contribution in [0.5, 0.6) is 0 Å². The summed E-state index contributed by atoms with van der Waals surface area (Å²) in [7, 11) is 0. The second kappa shape index (κ2) is 3.85. The van der Waals surface area contributed by atoms with Crippen molar-refractivity contribution in [3.63, 3.8) is 0 Å². The monoisotopic (exact) mass is 314 g/mol. The summed E-state index contributed by atoms with van der Waals surface area (Å²) in [6, 6.07) is 2.51. The van der Waals surface area contributed by atoms with Gasteiger partial charge in [0.25, 0.3) is 5.24 Å². The van der Waals surface area contributed by atoms with Crippen LogP contribution in [0.3, 0.4) is 0 Å². The number of hydrogen-bond donors (Lipinski definition) is 0. The van der Waals surface area contributed by atoms with Gasteiger partial charge in [0, 0.05) is 8.95 Å². The van der Waals surface area contributed by atoms with Crippen LogP contribution < -0.4 is 0 Å². The van der Waals surface area contributed by atoms with Crippen LogP contribution in [0.15, 0.2) is 21.1 Å². The molecule has 0 unspecified atom stereocenters. The van der Waals surface area contributed by atoms with Gasteiger partial charge >= 0.3 is 0 Å². The summed E-state index contributed by atoms with van der Waals surface area (Å²) >= 11 is 11.3. The Morgan fingerprint density at radius 3 is 2.33 bits per heavy atom. The summed E-state index contributed by atoms with van der Waals surface area (Å²) in [4.78, 5) is 10.6. The van der Waals surface area contributed by atoms with Crippen LogP contribution in [0.25, 0.3) is 0 Å². The maximum Gasteiger partial charge on any atom is 0.255 e. The van der Waals surface area contributed by atoms with Crippen LogP contribution in [0, 0.1) is 5.82 Å². The molecule has 0 saturated carbocycles. The van der Waals surface area contributed by atoms with Gasteiger partial charge in [-0.2, -0.15) is 0 Å². The minimum Gasteiger partial charge on any atom is -0.275 e. The minimum absolute atomic E-state index is 0.133. The van der Waals surface area contributed by atoms with Gasteiger partial charge in [0.05, 0.1) is 5.56 Å². The fraction of sp³-hybridized carbons (Fsp3) is 0. The standard InChI is InChI=1S/C7H2Br2ClFO/c8-4-1-3(7(10)12)6(11)2-5(4)9/h1-2H. The molecular formula is C7H2Br2ClFO. The maximum absolute atomic E-state index is 12.9. The third kappa shape index (κ3) is 2.06. The minimum atomic E-state index is -0.805. The zero-order chi connectivity index (χ0) is 9.30. The first kappa shape index (κ1) is 10.2. The van der Waals surface area contributed by atoms with Gasteiger partial charge in [-0.25, -0.2) is 4.39 Å². The van der Waals surface area contributed by atoms with E-state index in [1.807, 2.05) is 0 Å². The van der Waals surface area contributed by atoms with Gasteiger partial charge in [-0.05, 0) is 55.6 Å². The van der Waals surface area contributed by atoms with Crippen molar-refractivity contribution in [1.29, 1.82) is 0 Å². The van der Waals surface area contributed by atoms with E-state index in [0.717, 1.165) is 0 Å². The first-order chi connectivity index (χ1) is 5.52.